The molecule has 19 heavy (non-hydrogen) atoms. The number of carbonyl (C=O) groups is 1. The van der Waals surface area contributed by atoms with Crippen LogP contribution in [0.2, 0.25) is 0 Å². The van der Waals surface area contributed by atoms with Crippen LogP contribution in [0.3, 0.4) is 0 Å². The van der Waals surface area contributed by atoms with E-state index in [1.165, 1.54) is 24.3 Å². The monoisotopic (exact) mass is 261 g/mol. The van der Waals surface area contributed by atoms with Gasteiger partial charge in [-0.3, -0.25) is 10.1 Å². The number of nitro groups is 1. The van der Waals surface area contributed by atoms with Crippen LogP contribution in [-0.2, 0) is 4.74 Å². The van der Waals surface area contributed by atoms with Gasteiger partial charge in [0.25, 0.3) is 5.69 Å². The number of benzene rings is 1. The molecule has 5 heteroatoms. The van der Waals surface area contributed by atoms with Crippen molar-refractivity contribution >= 4 is 11.7 Å². The van der Waals surface area contributed by atoms with Gasteiger partial charge in [-0.1, -0.05) is 0 Å². The first-order chi connectivity index (χ1) is 9.15. The van der Waals surface area contributed by atoms with Crippen LogP contribution < -0.4 is 0 Å². The highest BCUT2D eigenvalue weighted by molar-refractivity contribution is 5.89. The van der Waals surface area contributed by atoms with Crippen molar-refractivity contribution in [2.24, 2.45) is 11.8 Å². The summed E-state index contributed by atoms with van der Waals surface area (Å²) in [5, 5.41) is 10.5. The largest absolute Gasteiger partial charge is 0.458 e. The van der Waals surface area contributed by atoms with Crippen LogP contribution in [0.15, 0.2) is 24.3 Å². The van der Waals surface area contributed by atoms with Crippen LogP contribution in [0.5, 0.6) is 0 Å². The van der Waals surface area contributed by atoms with Crippen molar-refractivity contribution in [2.45, 2.75) is 31.8 Å². The number of hydrogen-bond donors (Lipinski definition) is 0. The lowest BCUT2D eigenvalue weighted by Crippen LogP contribution is -2.22. The lowest BCUT2D eigenvalue weighted by atomic mass is 10.1. The molecule has 0 atom stereocenters. The second-order valence-corrected chi connectivity index (χ2v) is 5.35. The Bertz CT molecular complexity index is 491. The van der Waals surface area contributed by atoms with Gasteiger partial charge in [-0.15, -0.1) is 0 Å². The van der Waals surface area contributed by atoms with Gasteiger partial charge >= 0.3 is 5.97 Å². The number of carbonyl (C=O) groups excluding carboxylic acids is 1. The van der Waals surface area contributed by atoms with Gasteiger partial charge in [-0.2, -0.15) is 0 Å². The molecular weight excluding hydrogens is 246 g/mol. The molecule has 3 rings (SSSR count). The third-order valence-electron chi connectivity index (χ3n) is 3.73. The first-order valence-corrected chi connectivity index (χ1v) is 6.60. The van der Waals surface area contributed by atoms with E-state index in [0.717, 1.165) is 25.7 Å². The van der Waals surface area contributed by atoms with Gasteiger partial charge < -0.3 is 4.74 Å². The Kier molecular flexibility index (Phi) is 2.97. The highest BCUT2D eigenvalue weighted by Gasteiger charge is 2.44. The van der Waals surface area contributed by atoms with Crippen molar-refractivity contribution < 1.29 is 14.5 Å². The average molecular weight is 261 g/mol. The summed E-state index contributed by atoms with van der Waals surface area (Å²) in [5.41, 5.74) is 0.370. The zero-order valence-electron chi connectivity index (χ0n) is 10.5. The van der Waals surface area contributed by atoms with Crippen LogP contribution in [0, 0.1) is 22.0 Å². The quantitative estimate of drug-likeness (QED) is 0.464. The van der Waals surface area contributed by atoms with Crippen molar-refractivity contribution in [2.75, 3.05) is 0 Å². The van der Waals surface area contributed by atoms with E-state index in [-0.39, 0.29) is 17.8 Å². The maximum absolute atomic E-state index is 12.0. The van der Waals surface area contributed by atoms with E-state index in [4.69, 9.17) is 4.74 Å². The van der Waals surface area contributed by atoms with Crippen LogP contribution in [0.1, 0.15) is 36.0 Å². The van der Waals surface area contributed by atoms with Gasteiger partial charge in [0.1, 0.15) is 6.10 Å². The summed E-state index contributed by atoms with van der Waals surface area (Å²) in [6.45, 7) is 0. The number of non-ortho nitro benzene ring substituents is 1. The Morgan fingerprint density at radius 3 is 2.11 bits per heavy atom. The predicted molar refractivity (Wildman–Crippen MR) is 67.7 cm³/mol. The lowest BCUT2D eigenvalue weighted by Gasteiger charge is -2.16. The lowest BCUT2D eigenvalue weighted by molar-refractivity contribution is -0.384. The number of nitrogens with zero attached hydrogens (tertiary/aromatic N) is 1. The molecule has 0 spiro atoms. The van der Waals surface area contributed by atoms with E-state index in [1.54, 1.807) is 0 Å². The Morgan fingerprint density at radius 1 is 1.16 bits per heavy atom. The number of ether oxygens (including phenoxy) is 1. The first kappa shape index (κ1) is 12.1. The van der Waals surface area contributed by atoms with E-state index in [2.05, 4.69) is 0 Å². The summed E-state index contributed by atoms with van der Waals surface area (Å²) in [6.07, 6.45) is 4.65. The van der Waals surface area contributed by atoms with Crippen LogP contribution in [-0.4, -0.2) is 17.0 Å². The summed E-state index contributed by atoms with van der Waals surface area (Å²) < 4.78 is 5.58. The molecule has 100 valence electrons. The fourth-order valence-corrected chi connectivity index (χ4v) is 2.34. The minimum absolute atomic E-state index is 0.0162. The number of hydrogen-bond acceptors (Lipinski definition) is 4. The second-order valence-electron chi connectivity index (χ2n) is 5.35. The molecule has 2 saturated carbocycles. The smallest absolute Gasteiger partial charge is 0.338 e. The summed E-state index contributed by atoms with van der Waals surface area (Å²) in [7, 11) is 0. The molecule has 0 aromatic heterocycles. The van der Waals surface area contributed by atoms with Gasteiger partial charge in [0.05, 0.1) is 10.5 Å². The highest BCUT2D eigenvalue weighted by atomic mass is 16.6. The van der Waals surface area contributed by atoms with Crippen molar-refractivity contribution in [1.29, 1.82) is 0 Å². The van der Waals surface area contributed by atoms with E-state index < -0.39 is 4.92 Å². The predicted octanol–water partition coefficient (Wildman–Crippen LogP) is 2.94. The van der Waals surface area contributed by atoms with Gasteiger partial charge in [-0.05, 0) is 49.7 Å². The standard InChI is InChI=1S/C14H15NO4/c16-14(11-5-7-12(8-6-11)15(17)18)19-13(9-1-2-9)10-3-4-10/h5-10,13H,1-4H2. The molecule has 0 saturated heterocycles. The Labute approximate surface area is 110 Å². The molecule has 2 aliphatic carbocycles. The first-order valence-electron chi connectivity index (χ1n) is 6.60. The fourth-order valence-electron chi connectivity index (χ4n) is 2.34. The number of esters is 1. The molecule has 0 radical (unpaired) electrons. The van der Waals surface area contributed by atoms with Gasteiger partial charge in [0, 0.05) is 12.1 Å². The van der Waals surface area contributed by atoms with Crippen molar-refractivity contribution in [3.8, 4) is 0 Å². The highest BCUT2D eigenvalue weighted by Crippen LogP contribution is 2.46. The molecule has 2 aliphatic rings. The molecule has 1 aromatic carbocycles. The molecule has 0 N–H and O–H groups in total. The summed E-state index contributed by atoms with van der Waals surface area (Å²) in [4.78, 5) is 22.1. The maximum atomic E-state index is 12.0. The zero-order chi connectivity index (χ0) is 13.4. The van der Waals surface area contributed by atoms with E-state index in [0.29, 0.717) is 17.4 Å². The fraction of sp³-hybridized carbons (Fsp3) is 0.500. The molecule has 0 bridgehead atoms. The number of nitro benzene ring substituents is 1. The maximum Gasteiger partial charge on any atom is 0.338 e. The van der Waals surface area contributed by atoms with Crippen LogP contribution >= 0.6 is 0 Å². The summed E-state index contributed by atoms with van der Waals surface area (Å²) in [5.74, 6) is 0.711. The zero-order valence-corrected chi connectivity index (χ0v) is 10.5. The molecule has 0 heterocycles. The molecule has 2 fully saturated rings. The van der Waals surface area contributed by atoms with Crippen molar-refractivity contribution in [1.82, 2.24) is 0 Å². The van der Waals surface area contributed by atoms with Crippen molar-refractivity contribution in [3.63, 3.8) is 0 Å². The molecule has 1 aromatic rings. The average Bonchev–Trinajstić information content (AvgIpc) is 3.29. The minimum Gasteiger partial charge on any atom is -0.458 e. The summed E-state index contributed by atoms with van der Waals surface area (Å²) >= 11 is 0. The molecule has 0 amide bonds. The Morgan fingerprint density at radius 2 is 1.68 bits per heavy atom. The normalized spacial score (nSPS) is 18.4. The molecule has 5 nitrogen and oxygen atoms in total. The van der Waals surface area contributed by atoms with Crippen LogP contribution in [0.25, 0.3) is 0 Å². The number of rotatable bonds is 5. The Hall–Kier alpha value is -1.91. The third-order valence-corrected chi connectivity index (χ3v) is 3.73. The minimum atomic E-state index is -0.480. The molecule has 0 unspecified atom stereocenters. The van der Waals surface area contributed by atoms with E-state index in [9.17, 15) is 14.9 Å². The second kappa shape index (κ2) is 4.64. The van der Waals surface area contributed by atoms with Gasteiger partial charge in [0.2, 0.25) is 0 Å². The van der Waals surface area contributed by atoms with Crippen molar-refractivity contribution in [3.05, 3.63) is 39.9 Å². The van der Waals surface area contributed by atoms with Gasteiger partial charge in [-0.25, -0.2) is 4.79 Å². The topological polar surface area (TPSA) is 69.4 Å². The third kappa shape index (κ3) is 2.75. The summed E-state index contributed by atoms with van der Waals surface area (Å²) in [6, 6.07) is 5.58. The molecular formula is C14H15NO4. The van der Waals surface area contributed by atoms with E-state index >= 15 is 0 Å². The molecule has 0 aliphatic heterocycles. The Balaban J connectivity index is 1.67. The SMILES string of the molecule is O=C(OC(C1CC1)C1CC1)c1ccc([N+](=O)[O-])cc1. The van der Waals surface area contributed by atoms with Crippen LogP contribution in [0.4, 0.5) is 5.69 Å². The van der Waals surface area contributed by atoms with Gasteiger partial charge in [0.15, 0.2) is 0 Å². The van der Waals surface area contributed by atoms with E-state index in [1.807, 2.05) is 0 Å².